The average Bonchev–Trinajstić information content (AvgIpc) is 2.07. The van der Waals surface area contributed by atoms with Crippen LogP contribution in [-0.2, 0) is 43.1 Å². The zero-order chi connectivity index (χ0) is 15.2. The van der Waals surface area contributed by atoms with Gasteiger partial charge in [-0.25, -0.2) is 0 Å². The molecule has 6 nitrogen and oxygen atoms in total. The molecule has 0 fully saturated rings. The Morgan fingerprint density at radius 1 is 0.842 bits per heavy atom. The van der Waals surface area contributed by atoms with E-state index < -0.39 is 13.4 Å². The van der Waals surface area contributed by atoms with Crippen LogP contribution in [0, 0.1) is 6.42 Å². The first-order valence-corrected chi connectivity index (χ1v) is 10.6. The Morgan fingerprint density at radius 2 is 1.16 bits per heavy atom. The topological polar surface area (TPSA) is 121 Å². The van der Waals surface area contributed by atoms with Crippen molar-refractivity contribution in [1.29, 1.82) is 0 Å². The van der Waals surface area contributed by atoms with E-state index in [1.807, 2.05) is 0 Å². The Hall–Kier alpha value is 1.68. The molecule has 0 aromatic carbocycles. The molecule has 0 unspecified atom stereocenters. The predicted octanol–water partition coefficient (Wildman–Crippen LogP) is 1.55. The van der Waals surface area contributed by atoms with Crippen LogP contribution in [0.2, 0.25) is 0 Å². The summed E-state index contributed by atoms with van der Waals surface area (Å²) in [6.45, 7) is -3.17. The molecule has 0 heterocycles. The molecule has 0 aliphatic rings. The van der Waals surface area contributed by atoms with E-state index in [2.05, 4.69) is 43.9 Å². The molecule has 0 aromatic heterocycles. The predicted molar refractivity (Wildman–Crippen MR) is 80.6 cm³/mol. The third kappa shape index (κ3) is 138. The van der Waals surface area contributed by atoms with Crippen LogP contribution in [0.3, 0.4) is 0 Å². The zero-order valence-electron chi connectivity index (χ0n) is 11.2. The van der Waals surface area contributed by atoms with E-state index in [9.17, 15) is 0 Å². The van der Waals surface area contributed by atoms with Crippen LogP contribution >= 0.6 is 13.4 Å². The van der Waals surface area contributed by atoms with Crippen LogP contribution < -0.4 is 0 Å². The summed E-state index contributed by atoms with van der Waals surface area (Å²) in [4.78, 5) is 45.3. The minimum atomic E-state index is -3.81. The van der Waals surface area contributed by atoms with Gasteiger partial charge in [-0.15, -0.1) is 0 Å². The summed E-state index contributed by atoms with van der Waals surface area (Å²) < 4.78 is 0. The van der Waals surface area contributed by atoms with Crippen LogP contribution in [0.25, 0.3) is 0 Å². The Morgan fingerprint density at radius 3 is 1.37 bits per heavy atom. The van der Waals surface area contributed by atoms with Crippen molar-refractivity contribution in [2.24, 2.45) is 0 Å². The van der Waals surface area contributed by atoms with E-state index in [0.29, 0.717) is 0 Å². The first-order valence-electron chi connectivity index (χ1n) is 5.30. The van der Waals surface area contributed by atoms with E-state index in [1.54, 1.807) is 0 Å². The second-order valence-electron chi connectivity index (χ2n) is 3.22. The average molecular weight is 407 g/mol. The molecule has 0 radical (unpaired) electrons. The zero-order valence-corrected chi connectivity index (χ0v) is 17.6. The molecule has 0 spiro atoms. The van der Waals surface area contributed by atoms with E-state index in [1.165, 1.54) is 32.1 Å². The summed E-state index contributed by atoms with van der Waals surface area (Å²) in [5.74, 6) is 0. The second-order valence-corrected chi connectivity index (χ2v) is 8.21. The maximum absolute atomic E-state index is 7.56. The Labute approximate surface area is 138 Å². The van der Waals surface area contributed by atoms with Gasteiger partial charge in [0, 0.05) is 19.5 Å². The fraction of sp³-hybridized carbons (Fsp3) is 0.875. The molecule has 6 N–H and O–H groups in total. The number of hydrogen-bond acceptors (Lipinski definition) is 2. The molecular formula is C8H23O6P2S2Zn-. The summed E-state index contributed by atoms with van der Waals surface area (Å²) in [6.07, 6.45) is 9.06. The van der Waals surface area contributed by atoms with Gasteiger partial charge >= 0.3 is 13.4 Å². The van der Waals surface area contributed by atoms with Gasteiger partial charge in [0.2, 0.25) is 0 Å². The smallest absolute Gasteiger partial charge is 0.319 e. The summed E-state index contributed by atoms with van der Waals surface area (Å²) in [5.41, 5.74) is 0. The van der Waals surface area contributed by atoms with Crippen LogP contribution in [0.4, 0.5) is 0 Å². The van der Waals surface area contributed by atoms with Gasteiger partial charge in [0.25, 0.3) is 0 Å². The summed E-state index contributed by atoms with van der Waals surface area (Å²) in [6, 6.07) is 0. The first-order chi connectivity index (χ1) is 7.91. The van der Waals surface area contributed by atoms with Crippen molar-refractivity contribution in [2.45, 2.75) is 46.0 Å². The van der Waals surface area contributed by atoms with Gasteiger partial charge in [0.1, 0.15) is 0 Å². The Kier molecular flexibility index (Phi) is 26.9. The maximum Gasteiger partial charge on any atom is 0.319 e. The van der Waals surface area contributed by atoms with Gasteiger partial charge in [-0.3, -0.25) is 0 Å². The van der Waals surface area contributed by atoms with Gasteiger partial charge in [-0.2, -0.15) is 12.8 Å². The van der Waals surface area contributed by atoms with Crippen LogP contribution in [-0.4, -0.2) is 29.4 Å². The van der Waals surface area contributed by atoms with Crippen molar-refractivity contribution in [3.8, 4) is 0 Å². The largest absolute Gasteiger partial charge is 0.329 e. The quantitative estimate of drug-likeness (QED) is 0.176. The molecule has 19 heavy (non-hydrogen) atoms. The van der Waals surface area contributed by atoms with E-state index in [0.717, 1.165) is 0 Å². The number of rotatable bonds is 5. The summed E-state index contributed by atoms with van der Waals surface area (Å²) >= 11 is 7.21. The van der Waals surface area contributed by atoms with Crippen molar-refractivity contribution < 1.29 is 48.8 Å². The van der Waals surface area contributed by atoms with Crippen molar-refractivity contribution in [2.75, 3.05) is 0 Å². The minimum absolute atomic E-state index is 0. The molecular weight excluding hydrogens is 384 g/mol. The molecule has 0 rings (SSSR count). The van der Waals surface area contributed by atoms with E-state index in [-0.39, 0.29) is 19.5 Å². The monoisotopic (exact) mass is 405 g/mol. The molecule has 116 valence electrons. The molecule has 11 heteroatoms. The third-order valence-corrected chi connectivity index (χ3v) is 1.30. The fourth-order valence-electron chi connectivity index (χ4n) is 0.743. The van der Waals surface area contributed by atoms with Gasteiger partial charge in [-0.05, 0) is 23.6 Å². The molecule has 0 atom stereocenters. The molecule has 0 aliphatic heterocycles. The van der Waals surface area contributed by atoms with Gasteiger partial charge < -0.3 is 35.8 Å². The first kappa shape index (κ1) is 28.8. The Bertz CT molecular complexity index is 215. The molecule has 0 saturated carbocycles. The van der Waals surface area contributed by atoms with E-state index in [4.69, 9.17) is 29.4 Å². The van der Waals surface area contributed by atoms with Crippen LogP contribution in [0.1, 0.15) is 46.0 Å². The SMILES string of the molecule is CC[CH-]CCCCC.OP(O)(O)=S.OP(O)(O)=S.[Zn]. The Balaban J connectivity index is -0.0000000906. The van der Waals surface area contributed by atoms with Crippen molar-refractivity contribution in [1.82, 2.24) is 0 Å². The maximum atomic E-state index is 7.56. The van der Waals surface area contributed by atoms with Gasteiger partial charge in [-0.1, -0.05) is 33.1 Å². The number of hydrogen-bond donors (Lipinski definition) is 6. The molecule has 0 bridgehead atoms. The van der Waals surface area contributed by atoms with Crippen molar-refractivity contribution >= 4 is 37.1 Å². The normalized spacial score (nSPS) is 10.3. The number of unbranched alkanes of at least 4 members (excludes halogenated alkanes) is 5. The summed E-state index contributed by atoms with van der Waals surface area (Å²) in [7, 11) is 0. The molecule has 0 aromatic rings. The van der Waals surface area contributed by atoms with E-state index >= 15 is 0 Å². The second kappa shape index (κ2) is 17.7. The third-order valence-electron chi connectivity index (χ3n) is 1.30. The van der Waals surface area contributed by atoms with Crippen LogP contribution in [0.5, 0.6) is 0 Å². The minimum Gasteiger partial charge on any atom is -0.329 e. The van der Waals surface area contributed by atoms with Crippen molar-refractivity contribution in [3.63, 3.8) is 0 Å². The molecule has 0 aliphatic carbocycles. The van der Waals surface area contributed by atoms with Gasteiger partial charge in [0.15, 0.2) is 0 Å². The van der Waals surface area contributed by atoms with Crippen molar-refractivity contribution in [3.05, 3.63) is 6.42 Å². The summed E-state index contributed by atoms with van der Waals surface area (Å²) in [5, 5.41) is 0. The van der Waals surface area contributed by atoms with Crippen LogP contribution in [0.15, 0.2) is 0 Å². The standard InChI is InChI=1S/C8H17.2H3O3PS.Zn/c1-3-5-7-8-6-4-2;2*1-4(2,3)5;/h5H,3-4,6-8H2,1-2H3;2*(H3,1,2,3,5);/q-1;;;. The fourth-order valence-corrected chi connectivity index (χ4v) is 0.743. The van der Waals surface area contributed by atoms with Gasteiger partial charge in [0.05, 0.1) is 0 Å². The molecule has 0 saturated heterocycles. The molecule has 0 amide bonds.